The maximum absolute atomic E-state index is 12.5. The number of hydrogen-bond donors (Lipinski definition) is 1. The SMILES string of the molecule is CCc1ccc(-c2csc(NC(=O)CCN3C(=O)[C@H]4CCCC[C@@H]4C3=O)n2)cc1. The molecule has 1 aliphatic heterocycles. The Kier molecular flexibility index (Phi) is 5.76. The van der Waals surface area contributed by atoms with E-state index in [1.165, 1.54) is 21.8 Å². The van der Waals surface area contributed by atoms with Crippen LogP contribution in [0.2, 0.25) is 0 Å². The van der Waals surface area contributed by atoms with Crippen molar-refractivity contribution in [2.24, 2.45) is 11.8 Å². The van der Waals surface area contributed by atoms with Gasteiger partial charge in [-0.1, -0.05) is 44.0 Å². The maximum Gasteiger partial charge on any atom is 0.233 e. The number of carbonyl (C=O) groups is 3. The van der Waals surface area contributed by atoms with Crippen molar-refractivity contribution in [1.29, 1.82) is 0 Å². The van der Waals surface area contributed by atoms with Crippen molar-refractivity contribution in [3.8, 4) is 11.3 Å². The van der Waals surface area contributed by atoms with Crippen LogP contribution in [-0.2, 0) is 20.8 Å². The summed E-state index contributed by atoms with van der Waals surface area (Å²) in [5, 5.41) is 5.23. The first-order valence-electron chi connectivity index (χ1n) is 10.3. The number of rotatable bonds is 6. The van der Waals surface area contributed by atoms with Crippen LogP contribution in [0.15, 0.2) is 29.6 Å². The van der Waals surface area contributed by atoms with E-state index < -0.39 is 0 Å². The van der Waals surface area contributed by atoms with E-state index in [0.717, 1.165) is 43.4 Å². The number of carbonyl (C=O) groups excluding carboxylic acids is 3. The van der Waals surface area contributed by atoms with Crippen LogP contribution in [0.4, 0.5) is 5.13 Å². The van der Waals surface area contributed by atoms with Crippen LogP contribution in [0.3, 0.4) is 0 Å². The smallest absolute Gasteiger partial charge is 0.233 e. The summed E-state index contributed by atoms with van der Waals surface area (Å²) in [5.74, 6) is -0.762. The van der Waals surface area contributed by atoms with Crippen molar-refractivity contribution in [3.63, 3.8) is 0 Å². The number of nitrogens with one attached hydrogen (secondary N) is 1. The molecule has 0 unspecified atom stereocenters. The molecule has 0 bridgehead atoms. The van der Waals surface area contributed by atoms with Gasteiger partial charge in [-0.15, -0.1) is 11.3 Å². The standard InChI is InChI=1S/C22H25N3O3S/c1-2-14-7-9-15(10-8-14)18-13-29-22(23-18)24-19(26)11-12-25-20(27)16-5-3-4-6-17(16)21(25)28/h7-10,13,16-17H,2-6,11-12H2,1H3,(H,23,24,26)/t16-,17-/m0/s1. The van der Waals surface area contributed by atoms with E-state index in [9.17, 15) is 14.4 Å². The summed E-state index contributed by atoms with van der Waals surface area (Å²) in [6.45, 7) is 2.26. The number of likely N-dealkylation sites (tertiary alicyclic amines) is 1. The van der Waals surface area contributed by atoms with Gasteiger partial charge in [0, 0.05) is 23.9 Å². The molecule has 0 spiro atoms. The number of imide groups is 1. The summed E-state index contributed by atoms with van der Waals surface area (Å²) in [6.07, 6.45) is 4.67. The Morgan fingerprint density at radius 3 is 2.41 bits per heavy atom. The molecule has 2 heterocycles. The molecule has 1 aromatic carbocycles. The van der Waals surface area contributed by atoms with E-state index >= 15 is 0 Å². The van der Waals surface area contributed by atoms with Gasteiger partial charge in [-0.05, 0) is 24.8 Å². The van der Waals surface area contributed by atoms with Gasteiger partial charge in [0.1, 0.15) is 0 Å². The minimum atomic E-state index is -0.234. The summed E-state index contributed by atoms with van der Waals surface area (Å²) in [7, 11) is 0. The maximum atomic E-state index is 12.5. The van der Waals surface area contributed by atoms with Gasteiger partial charge < -0.3 is 5.32 Å². The van der Waals surface area contributed by atoms with Gasteiger partial charge in [0.2, 0.25) is 17.7 Å². The van der Waals surface area contributed by atoms with Crippen LogP contribution in [0.1, 0.15) is 44.6 Å². The fourth-order valence-corrected chi connectivity index (χ4v) is 4.96. The molecule has 1 aromatic heterocycles. The second-order valence-corrected chi connectivity index (χ2v) is 8.57. The topological polar surface area (TPSA) is 79.4 Å². The normalized spacial score (nSPS) is 21.3. The van der Waals surface area contributed by atoms with E-state index in [1.807, 2.05) is 17.5 Å². The lowest BCUT2D eigenvalue weighted by atomic mass is 9.81. The third-order valence-electron chi connectivity index (χ3n) is 5.90. The summed E-state index contributed by atoms with van der Waals surface area (Å²) in [5.41, 5.74) is 3.10. The van der Waals surface area contributed by atoms with E-state index in [2.05, 4.69) is 29.4 Å². The molecular formula is C22H25N3O3S. The van der Waals surface area contributed by atoms with Crippen molar-refractivity contribution < 1.29 is 14.4 Å². The van der Waals surface area contributed by atoms with Crippen LogP contribution < -0.4 is 5.32 Å². The molecule has 152 valence electrons. The molecule has 2 fully saturated rings. The van der Waals surface area contributed by atoms with Crippen LogP contribution in [0.5, 0.6) is 0 Å². The van der Waals surface area contributed by atoms with Crippen LogP contribution in [0, 0.1) is 11.8 Å². The summed E-state index contributed by atoms with van der Waals surface area (Å²) < 4.78 is 0. The average Bonchev–Trinajstić information content (AvgIpc) is 3.30. The molecule has 29 heavy (non-hydrogen) atoms. The third-order valence-corrected chi connectivity index (χ3v) is 6.66. The highest BCUT2D eigenvalue weighted by Gasteiger charge is 2.47. The number of fused-ring (bicyclic) bond motifs is 1. The quantitative estimate of drug-likeness (QED) is 0.732. The Morgan fingerprint density at radius 2 is 1.79 bits per heavy atom. The molecule has 1 saturated carbocycles. The second-order valence-electron chi connectivity index (χ2n) is 7.71. The Balaban J connectivity index is 1.33. The largest absolute Gasteiger partial charge is 0.302 e. The zero-order valence-electron chi connectivity index (χ0n) is 16.5. The Bertz CT molecular complexity index is 898. The molecule has 2 atom stereocenters. The van der Waals surface area contributed by atoms with E-state index in [-0.39, 0.29) is 42.5 Å². The number of nitrogens with zero attached hydrogens (tertiary/aromatic N) is 2. The molecule has 6 nitrogen and oxygen atoms in total. The molecule has 2 aromatic rings. The number of aryl methyl sites for hydroxylation is 1. The molecule has 4 rings (SSSR count). The molecule has 2 aliphatic rings. The summed E-state index contributed by atoms with van der Waals surface area (Å²) in [4.78, 5) is 43.1. The summed E-state index contributed by atoms with van der Waals surface area (Å²) in [6, 6.07) is 8.22. The second kappa shape index (κ2) is 8.45. The van der Waals surface area contributed by atoms with Gasteiger partial charge in [0.25, 0.3) is 0 Å². The number of hydrogen-bond acceptors (Lipinski definition) is 5. The summed E-state index contributed by atoms with van der Waals surface area (Å²) >= 11 is 1.37. The van der Waals surface area contributed by atoms with Gasteiger partial charge in [-0.25, -0.2) is 4.98 Å². The van der Waals surface area contributed by atoms with Crippen LogP contribution in [0.25, 0.3) is 11.3 Å². The van der Waals surface area contributed by atoms with Crippen molar-refractivity contribution in [2.75, 3.05) is 11.9 Å². The molecule has 1 N–H and O–H groups in total. The average molecular weight is 412 g/mol. The van der Waals surface area contributed by atoms with Crippen molar-refractivity contribution in [3.05, 3.63) is 35.2 Å². The minimum Gasteiger partial charge on any atom is -0.302 e. The van der Waals surface area contributed by atoms with Crippen molar-refractivity contribution >= 4 is 34.2 Å². The molecule has 0 radical (unpaired) electrons. The number of thiazole rings is 1. The predicted molar refractivity (Wildman–Crippen MR) is 112 cm³/mol. The van der Waals surface area contributed by atoms with Gasteiger partial charge in [-0.3, -0.25) is 19.3 Å². The van der Waals surface area contributed by atoms with E-state index in [1.54, 1.807) is 0 Å². The lowest BCUT2D eigenvalue weighted by molar-refractivity contribution is -0.140. The van der Waals surface area contributed by atoms with Gasteiger partial charge in [0.05, 0.1) is 17.5 Å². The molecule has 1 aliphatic carbocycles. The lowest BCUT2D eigenvalue weighted by Crippen LogP contribution is -2.34. The van der Waals surface area contributed by atoms with Gasteiger partial charge >= 0.3 is 0 Å². The van der Waals surface area contributed by atoms with Crippen LogP contribution in [-0.4, -0.2) is 34.2 Å². The van der Waals surface area contributed by atoms with Gasteiger partial charge in [-0.2, -0.15) is 0 Å². The zero-order valence-corrected chi connectivity index (χ0v) is 17.3. The van der Waals surface area contributed by atoms with E-state index in [0.29, 0.717) is 5.13 Å². The fourth-order valence-electron chi connectivity index (χ4n) is 4.22. The van der Waals surface area contributed by atoms with Crippen molar-refractivity contribution in [2.45, 2.75) is 45.4 Å². The highest BCUT2D eigenvalue weighted by molar-refractivity contribution is 7.14. The molecular weight excluding hydrogens is 386 g/mol. The third kappa shape index (κ3) is 4.10. The lowest BCUT2D eigenvalue weighted by Gasteiger charge is -2.19. The van der Waals surface area contributed by atoms with Gasteiger partial charge in [0.15, 0.2) is 5.13 Å². The zero-order chi connectivity index (χ0) is 20.4. The number of benzene rings is 1. The molecule has 1 saturated heterocycles. The predicted octanol–water partition coefficient (Wildman–Crippen LogP) is 3.88. The number of anilines is 1. The first kappa shape index (κ1) is 19.8. The number of aromatic nitrogens is 1. The first-order chi connectivity index (χ1) is 14.1. The molecule has 7 heteroatoms. The van der Waals surface area contributed by atoms with Crippen molar-refractivity contribution in [1.82, 2.24) is 9.88 Å². The minimum absolute atomic E-state index is 0.0943. The van der Waals surface area contributed by atoms with Crippen LogP contribution >= 0.6 is 11.3 Å². The Morgan fingerprint density at radius 1 is 1.14 bits per heavy atom. The van der Waals surface area contributed by atoms with E-state index in [4.69, 9.17) is 0 Å². The monoisotopic (exact) mass is 411 g/mol. The first-order valence-corrected chi connectivity index (χ1v) is 11.1. The Labute approximate surface area is 174 Å². The highest BCUT2D eigenvalue weighted by Crippen LogP contribution is 2.38. The Hall–Kier alpha value is -2.54. The number of amides is 3. The fraction of sp³-hybridized carbons (Fsp3) is 0.455. The highest BCUT2D eigenvalue weighted by atomic mass is 32.1. The molecule has 3 amide bonds.